The Morgan fingerprint density at radius 3 is 2.70 bits per heavy atom. The molecule has 1 saturated heterocycles. The van der Waals surface area contributed by atoms with Crippen LogP contribution >= 0.6 is 0 Å². The lowest BCUT2D eigenvalue weighted by Gasteiger charge is -2.37. The molecule has 0 bridgehead atoms. The van der Waals surface area contributed by atoms with Crippen LogP contribution in [0.3, 0.4) is 0 Å². The maximum atomic E-state index is 9.85. The van der Waals surface area contributed by atoms with Crippen LogP contribution in [0, 0.1) is 0 Å². The summed E-state index contributed by atoms with van der Waals surface area (Å²) in [5.74, 6) is 0. The van der Waals surface area contributed by atoms with E-state index in [9.17, 15) is 15.3 Å². The topological polar surface area (TPSA) is 79.2 Å². The highest BCUT2D eigenvalue weighted by Gasteiger charge is 2.38. The van der Waals surface area contributed by atoms with E-state index in [0.29, 0.717) is 6.61 Å². The summed E-state index contributed by atoms with van der Waals surface area (Å²) in [4.78, 5) is 0. The van der Waals surface area contributed by atoms with Gasteiger partial charge in [0.25, 0.3) is 0 Å². The van der Waals surface area contributed by atoms with E-state index in [4.69, 9.17) is 9.47 Å². The average molecular weight is 288 g/mol. The zero-order chi connectivity index (χ0) is 14.8. The molecule has 20 heavy (non-hydrogen) atoms. The Bertz CT molecular complexity index is 267. The van der Waals surface area contributed by atoms with Crippen LogP contribution < -0.4 is 0 Å². The molecule has 0 amide bonds. The molecular formula is C15H28O5. The molecule has 118 valence electrons. The molecule has 0 saturated carbocycles. The largest absolute Gasteiger partial charge is 0.394 e. The SMILES string of the molecule is CCCCCC/C=C/CO[C@H]1[C@H](O)[C@@H](O)CO[C@@H]1CO. The number of ether oxygens (including phenoxy) is 2. The van der Waals surface area contributed by atoms with Crippen molar-refractivity contribution in [1.29, 1.82) is 0 Å². The average Bonchev–Trinajstić information content (AvgIpc) is 2.46. The van der Waals surface area contributed by atoms with Gasteiger partial charge in [0, 0.05) is 0 Å². The molecule has 0 aromatic rings. The van der Waals surface area contributed by atoms with Gasteiger partial charge >= 0.3 is 0 Å². The van der Waals surface area contributed by atoms with E-state index in [1.807, 2.05) is 6.08 Å². The smallest absolute Gasteiger partial charge is 0.115 e. The van der Waals surface area contributed by atoms with Gasteiger partial charge in [-0.2, -0.15) is 0 Å². The van der Waals surface area contributed by atoms with E-state index in [1.165, 1.54) is 25.7 Å². The summed E-state index contributed by atoms with van der Waals surface area (Å²) in [5.41, 5.74) is 0. The van der Waals surface area contributed by atoms with Gasteiger partial charge in [-0.15, -0.1) is 0 Å². The van der Waals surface area contributed by atoms with Crippen molar-refractivity contribution in [2.75, 3.05) is 19.8 Å². The second-order valence-electron chi connectivity index (χ2n) is 5.23. The predicted molar refractivity (Wildman–Crippen MR) is 76.5 cm³/mol. The van der Waals surface area contributed by atoms with Crippen LogP contribution in [0.4, 0.5) is 0 Å². The first-order valence-corrected chi connectivity index (χ1v) is 7.55. The predicted octanol–water partition coefficient (Wildman–Crippen LogP) is 1.01. The molecule has 0 aromatic carbocycles. The molecule has 1 fully saturated rings. The second kappa shape index (κ2) is 10.3. The maximum absolute atomic E-state index is 9.85. The lowest BCUT2D eigenvalue weighted by atomic mass is 10.0. The molecule has 5 heteroatoms. The Hall–Kier alpha value is -0.460. The highest BCUT2D eigenvalue weighted by Crippen LogP contribution is 2.18. The second-order valence-corrected chi connectivity index (χ2v) is 5.23. The van der Waals surface area contributed by atoms with Gasteiger partial charge < -0.3 is 24.8 Å². The van der Waals surface area contributed by atoms with E-state index >= 15 is 0 Å². The third kappa shape index (κ3) is 5.89. The molecule has 0 unspecified atom stereocenters. The molecule has 1 heterocycles. The summed E-state index contributed by atoms with van der Waals surface area (Å²) in [5, 5.41) is 28.6. The summed E-state index contributed by atoms with van der Waals surface area (Å²) in [6, 6.07) is 0. The Morgan fingerprint density at radius 1 is 1.20 bits per heavy atom. The maximum Gasteiger partial charge on any atom is 0.115 e. The molecule has 0 aliphatic carbocycles. The van der Waals surface area contributed by atoms with Gasteiger partial charge in [-0.3, -0.25) is 0 Å². The van der Waals surface area contributed by atoms with Crippen LogP contribution in [0.2, 0.25) is 0 Å². The van der Waals surface area contributed by atoms with E-state index < -0.39 is 24.4 Å². The lowest BCUT2D eigenvalue weighted by molar-refractivity contribution is -0.208. The van der Waals surface area contributed by atoms with Gasteiger partial charge in [-0.25, -0.2) is 0 Å². The Kier molecular flexibility index (Phi) is 9.05. The van der Waals surface area contributed by atoms with Crippen molar-refractivity contribution in [3.8, 4) is 0 Å². The highest BCUT2D eigenvalue weighted by atomic mass is 16.6. The van der Waals surface area contributed by atoms with Crippen molar-refractivity contribution < 1.29 is 24.8 Å². The molecule has 3 N–H and O–H groups in total. The fourth-order valence-corrected chi connectivity index (χ4v) is 2.26. The monoisotopic (exact) mass is 288 g/mol. The van der Waals surface area contributed by atoms with Gasteiger partial charge in [0.05, 0.1) is 19.8 Å². The lowest BCUT2D eigenvalue weighted by Crippen LogP contribution is -2.55. The third-order valence-corrected chi connectivity index (χ3v) is 3.53. The minimum absolute atomic E-state index is 0.0273. The van der Waals surface area contributed by atoms with E-state index in [-0.39, 0.29) is 13.2 Å². The number of rotatable bonds is 9. The molecule has 4 atom stereocenters. The van der Waals surface area contributed by atoms with Gasteiger partial charge in [0.1, 0.15) is 24.4 Å². The summed E-state index contributed by atoms with van der Waals surface area (Å²) >= 11 is 0. The van der Waals surface area contributed by atoms with Crippen LogP contribution in [-0.4, -0.2) is 59.6 Å². The number of hydrogen-bond acceptors (Lipinski definition) is 5. The molecule has 0 aromatic heterocycles. The quantitative estimate of drug-likeness (QED) is 0.436. The van der Waals surface area contributed by atoms with Crippen molar-refractivity contribution in [2.45, 2.75) is 63.4 Å². The molecule has 1 aliphatic heterocycles. The van der Waals surface area contributed by atoms with Gasteiger partial charge in [-0.1, -0.05) is 38.3 Å². The molecule has 1 aliphatic rings. The Balaban J connectivity index is 2.22. The minimum Gasteiger partial charge on any atom is -0.394 e. The normalized spacial score (nSPS) is 31.0. The third-order valence-electron chi connectivity index (χ3n) is 3.53. The van der Waals surface area contributed by atoms with Gasteiger partial charge in [0.15, 0.2) is 0 Å². The van der Waals surface area contributed by atoms with Crippen LogP contribution in [0.15, 0.2) is 12.2 Å². The first-order valence-electron chi connectivity index (χ1n) is 7.55. The number of aliphatic hydroxyl groups excluding tert-OH is 3. The number of hydrogen-bond donors (Lipinski definition) is 3. The van der Waals surface area contributed by atoms with E-state index in [1.54, 1.807) is 0 Å². The first-order chi connectivity index (χ1) is 9.70. The van der Waals surface area contributed by atoms with Crippen LogP contribution in [0.1, 0.15) is 39.0 Å². The van der Waals surface area contributed by atoms with Crippen molar-refractivity contribution in [3.05, 3.63) is 12.2 Å². The molecular weight excluding hydrogens is 260 g/mol. The van der Waals surface area contributed by atoms with E-state index in [2.05, 4.69) is 13.0 Å². The summed E-state index contributed by atoms with van der Waals surface area (Å²) < 4.78 is 10.8. The highest BCUT2D eigenvalue weighted by molar-refractivity contribution is 4.89. The Labute approximate surface area is 121 Å². The molecule has 5 nitrogen and oxygen atoms in total. The van der Waals surface area contributed by atoms with Crippen molar-refractivity contribution in [3.63, 3.8) is 0 Å². The molecule has 0 spiro atoms. The fourth-order valence-electron chi connectivity index (χ4n) is 2.26. The molecule has 1 rings (SSSR count). The number of unbranched alkanes of at least 4 members (excludes halogenated alkanes) is 4. The van der Waals surface area contributed by atoms with Crippen LogP contribution in [0.25, 0.3) is 0 Å². The fraction of sp³-hybridized carbons (Fsp3) is 0.867. The van der Waals surface area contributed by atoms with Crippen LogP contribution in [-0.2, 0) is 9.47 Å². The van der Waals surface area contributed by atoms with Gasteiger partial charge in [-0.05, 0) is 12.8 Å². The minimum atomic E-state index is -1.01. The summed E-state index contributed by atoms with van der Waals surface area (Å²) in [6.45, 7) is 2.34. The zero-order valence-corrected chi connectivity index (χ0v) is 12.3. The first kappa shape index (κ1) is 17.6. The van der Waals surface area contributed by atoms with Gasteiger partial charge in [0.2, 0.25) is 0 Å². The number of allylic oxidation sites excluding steroid dienone is 1. The van der Waals surface area contributed by atoms with Crippen LogP contribution in [0.5, 0.6) is 0 Å². The van der Waals surface area contributed by atoms with Crippen molar-refractivity contribution in [2.24, 2.45) is 0 Å². The van der Waals surface area contributed by atoms with E-state index in [0.717, 1.165) is 6.42 Å². The Morgan fingerprint density at radius 2 is 2.00 bits per heavy atom. The number of aliphatic hydroxyl groups is 3. The summed E-state index contributed by atoms with van der Waals surface area (Å²) in [7, 11) is 0. The standard InChI is InChI=1S/C15H28O5/c1-2-3-4-5-6-7-8-9-19-15-13(10-16)20-11-12(17)14(15)18/h7-8,12-18H,2-6,9-11H2,1H3/b8-7+/t12-,13+,14+,15+/m0/s1. The molecule has 0 radical (unpaired) electrons. The zero-order valence-electron chi connectivity index (χ0n) is 12.3. The summed E-state index contributed by atoms with van der Waals surface area (Å²) in [6.07, 6.45) is 6.69. The van der Waals surface area contributed by atoms with Crippen molar-refractivity contribution in [1.82, 2.24) is 0 Å². The van der Waals surface area contributed by atoms with Crippen molar-refractivity contribution >= 4 is 0 Å².